The van der Waals surface area contributed by atoms with Crippen LogP contribution in [0.5, 0.6) is 0 Å². The van der Waals surface area contributed by atoms with Crippen molar-refractivity contribution in [1.82, 2.24) is 10.2 Å². The lowest BCUT2D eigenvalue weighted by Gasteiger charge is -2.31. The van der Waals surface area contributed by atoms with Gasteiger partial charge in [0.2, 0.25) is 11.8 Å². The maximum absolute atomic E-state index is 12.5. The molecule has 0 aromatic heterocycles. The van der Waals surface area contributed by atoms with Crippen molar-refractivity contribution in [2.75, 3.05) is 20.1 Å². The summed E-state index contributed by atoms with van der Waals surface area (Å²) in [6, 6.07) is -0.00464. The first kappa shape index (κ1) is 13.3. The predicted octanol–water partition coefficient (Wildman–Crippen LogP) is -0.0457. The molecule has 3 N–H and O–H groups in total. The third kappa shape index (κ3) is 2.23. The van der Waals surface area contributed by atoms with Crippen LogP contribution >= 0.6 is 0 Å². The van der Waals surface area contributed by atoms with Crippen LogP contribution in [0, 0.1) is 17.8 Å². The number of rotatable bonds is 4. The van der Waals surface area contributed by atoms with Crippen molar-refractivity contribution in [3.8, 4) is 0 Å². The zero-order chi connectivity index (χ0) is 13.3. The smallest absolute Gasteiger partial charge is 0.239 e. The van der Waals surface area contributed by atoms with E-state index in [0.29, 0.717) is 18.4 Å². The molecule has 102 valence electrons. The minimum absolute atomic E-state index is 0.00464. The van der Waals surface area contributed by atoms with Gasteiger partial charge < -0.3 is 16.0 Å². The fraction of sp³-hybridized carbons (Fsp3) is 0.846. The molecule has 5 heteroatoms. The summed E-state index contributed by atoms with van der Waals surface area (Å²) < 4.78 is 0. The molecule has 0 aromatic carbocycles. The average molecular weight is 253 g/mol. The van der Waals surface area contributed by atoms with Crippen LogP contribution in [0.15, 0.2) is 0 Å². The molecular weight excluding hydrogens is 230 g/mol. The molecule has 4 unspecified atom stereocenters. The number of nitrogens with one attached hydrogen (secondary N) is 1. The van der Waals surface area contributed by atoms with Gasteiger partial charge >= 0.3 is 0 Å². The monoisotopic (exact) mass is 253 g/mol. The molecule has 2 aliphatic carbocycles. The number of likely N-dealkylation sites (N-methyl/N-ethyl adjacent to an activating group) is 2. The van der Waals surface area contributed by atoms with Crippen LogP contribution in [-0.4, -0.2) is 42.9 Å². The molecule has 2 aliphatic rings. The van der Waals surface area contributed by atoms with Crippen molar-refractivity contribution in [1.29, 1.82) is 0 Å². The van der Waals surface area contributed by atoms with E-state index in [1.165, 1.54) is 0 Å². The molecular formula is C13H23N3O2. The lowest BCUT2D eigenvalue weighted by atomic mass is 9.84. The molecule has 5 nitrogen and oxygen atoms in total. The predicted molar refractivity (Wildman–Crippen MR) is 68.6 cm³/mol. The van der Waals surface area contributed by atoms with Gasteiger partial charge in [-0.1, -0.05) is 0 Å². The Bertz CT molecular complexity index is 343. The van der Waals surface area contributed by atoms with Crippen LogP contribution in [0.4, 0.5) is 0 Å². The van der Waals surface area contributed by atoms with Crippen LogP contribution in [0.1, 0.15) is 26.2 Å². The molecule has 0 radical (unpaired) electrons. The van der Waals surface area contributed by atoms with Crippen LogP contribution in [-0.2, 0) is 9.59 Å². The molecule has 0 saturated heterocycles. The second-order valence-corrected chi connectivity index (χ2v) is 5.46. The van der Waals surface area contributed by atoms with Crippen LogP contribution in [0.3, 0.4) is 0 Å². The number of nitrogens with zero attached hydrogens (tertiary/aromatic N) is 1. The Morgan fingerprint density at radius 2 is 2.00 bits per heavy atom. The summed E-state index contributed by atoms with van der Waals surface area (Å²) in [6.45, 7) is 2.61. The molecule has 2 fully saturated rings. The summed E-state index contributed by atoms with van der Waals surface area (Å²) in [5.41, 5.74) is 6.17. The Balaban J connectivity index is 2.03. The van der Waals surface area contributed by atoms with Gasteiger partial charge in [-0.15, -0.1) is 0 Å². The van der Waals surface area contributed by atoms with E-state index in [-0.39, 0.29) is 30.3 Å². The highest BCUT2D eigenvalue weighted by atomic mass is 16.2. The van der Waals surface area contributed by atoms with Crippen LogP contribution in [0.2, 0.25) is 0 Å². The van der Waals surface area contributed by atoms with Crippen molar-refractivity contribution in [3.63, 3.8) is 0 Å². The number of nitrogens with two attached hydrogens (primary N) is 1. The zero-order valence-electron chi connectivity index (χ0n) is 11.2. The second kappa shape index (κ2) is 5.26. The molecule has 0 heterocycles. The molecule has 18 heavy (non-hydrogen) atoms. The summed E-state index contributed by atoms with van der Waals surface area (Å²) in [5.74, 6) is 0.843. The summed E-state index contributed by atoms with van der Waals surface area (Å²) in [7, 11) is 1.59. The highest BCUT2D eigenvalue weighted by Crippen LogP contribution is 2.48. The van der Waals surface area contributed by atoms with Crippen LogP contribution < -0.4 is 11.1 Å². The number of carbonyl (C=O) groups excluding carboxylic acids is 2. The zero-order valence-corrected chi connectivity index (χ0v) is 11.2. The highest BCUT2D eigenvalue weighted by Gasteiger charge is 2.50. The van der Waals surface area contributed by atoms with Gasteiger partial charge in [-0.05, 0) is 38.0 Å². The standard InChI is InChI=1S/C13H23N3O2/c1-3-16(7-10(17)15-2)13(18)11-8-4-5-9(6-8)12(11)14/h8-9,11-12H,3-7,14H2,1-2H3,(H,15,17). The first-order valence-electron chi connectivity index (χ1n) is 6.83. The van der Waals surface area contributed by atoms with Crippen molar-refractivity contribution in [2.45, 2.75) is 32.2 Å². The van der Waals surface area contributed by atoms with Gasteiger partial charge in [0.05, 0.1) is 12.5 Å². The molecule has 0 spiro atoms. The molecule has 0 aliphatic heterocycles. The summed E-state index contributed by atoms with van der Waals surface area (Å²) in [5, 5.41) is 2.56. The van der Waals surface area contributed by atoms with E-state index in [9.17, 15) is 9.59 Å². The van der Waals surface area contributed by atoms with E-state index >= 15 is 0 Å². The van der Waals surface area contributed by atoms with Gasteiger partial charge in [0.15, 0.2) is 0 Å². The van der Waals surface area contributed by atoms with Crippen LogP contribution in [0.25, 0.3) is 0 Å². The normalized spacial score (nSPS) is 33.5. The number of fused-ring (bicyclic) bond motifs is 2. The highest BCUT2D eigenvalue weighted by molar-refractivity contribution is 5.86. The molecule has 2 rings (SSSR count). The lowest BCUT2D eigenvalue weighted by molar-refractivity contribution is -0.141. The van der Waals surface area contributed by atoms with E-state index in [4.69, 9.17) is 5.73 Å². The summed E-state index contributed by atoms with van der Waals surface area (Å²) >= 11 is 0. The maximum Gasteiger partial charge on any atom is 0.239 e. The van der Waals surface area contributed by atoms with E-state index in [2.05, 4.69) is 5.32 Å². The number of hydrogen-bond acceptors (Lipinski definition) is 3. The molecule has 2 bridgehead atoms. The van der Waals surface area contributed by atoms with Gasteiger partial charge in [0.25, 0.3) is 0 Å². The van der Waals surface area contributed by atoms with Gasteiger partial charge in [0.1, 0.15) is 0 Å². The Morgan fingerprint density at radius 3 is 2.50 bits per heavy atom. The lowest BCUT2D eigenvalue weighted by Crippen LogP contribution is -2.49. The number of amides is 2. The first-order valence-corrected chi connectivity index (χ1v) is 6.83. The molecule has 4 atom stereocenters. The van der Waals surface area contributed by atoms with Gasteiger partial charge in [-0.2, -0.15) is 0 Å². The van der Waals surface area contributed by atoms with Crippen molar-refractivity contribution in [3.05, 3.63) is 0 Å². The third-order valence-corrected chi connectivity index (χ3v) is 4.57. The van der Waals surface area contributed by atoms with E-state index in [1.54, 1.807) is 11.9 Å². The van der Waals surface area contributed by atoms with Gasteiger partial charge in [0, 0.05) is 19.6 Å². The van der Waals surface area contributed by atoms with Crippen molar-refractivity contribution >= 4 is 11.8 Å². The summed E-state index contributed by atoms with van der Waals surface area (Å²) in [6.07, 6.45) is 3.37. The minimum Gasteiger partial charge on any atom is -0.358 e. The Hall–Kier alpha value is -1.10. The minimum atomic E-state index is -0.123. The Morgan fingerprint density at radius 1 is 1.33 bits per heavy atom. The number of hydrogen-bond donors (Lipinski definition) is 2. The van der Waals surface area contributed by atoms with Crippen molar-refractivity contribution < 1.29 is 9.59 Å². The molecule has 0 aromatic rings. The second-order valence-electron chi connectivity index (χ2n) is 5.46. The van der Waals surface area contributed by atoms with E-state index in [1.807, 2.05) is 6.92 Å². The van der Waals surface area contributed by atoms with Gasteiger partial charge in [-0.3, -0.25) is 9.59 Å². The fourth-order valence-electron chi connectivity index (χ4n) is 3.51. The average Bonchev–Trinajstić information content (AvgIpc) is 2.95. The quantitative estimate of drug-likeness (QED) is 0.738. The molecule has 2 saturated carbocycles. The fourth-order valence-corrected chi connectivity index (χ4v) is 3.51. The topological polar surface area (TPSA) is 75.4 Å². The number of carbonyl (C=O) groups is 2. The Kier molecular flexibility index (Phi) is 3.90. The van der Waals surface area contributed by atoms with Crippen molar-refractivity contribution in [2.24, 2.45) is 23.5 Å². The summed E-state index contributed by atoms with van der Waals surface area (Å²) in [4.78, 5) is 25.5. The van der Waals surface area contributed by atoms with Gasteiger partial charge in [-0.25, -0.2) is 0 Å². The maximum atomic E-state index is 12.5. The van der Waals surface area contributed by atoms with E-state index in [0.717, 1.165) is 19.3 Å². The van der Waals surface area contributed by atoms with E-state index < -0.39 is 0 Å². The first-order chi connectivity index (χ1) is 8.58. The largest absolute Gasteiger partial charge is 0.358 e. The third-order valence-electron chi connectivity index (χ3n) is 4.57. The Labute approximate surface area is 108 Å². The molecule has 2 amide bonds. The SMILES string of the molecule is CCN(CC(=O)NC)C(=O)C1C2CCC(C2)C1N.